The van der Waals surface area contributed by atoms with Gasteiger partial charge in [0.1, 0.15) is 10.9 Å². The van der Waals surface area contributed by atoms with Gasteiger partial charge in [-0.3, -0.25) is 4.57 Å². The molecule has 1 heterocycles. The molecule has 2 unspecified atom stereocenters. The largest absolute Gasteiger partial charge is 0.438 e. The lowest BCUT2D eigenvalue weighted by Gasteiger charge is -2.41. The van der Waals surface area contributed by atoms with E-state index in [4.69, 9.17) is 10.3 Å². The molecule has 0 spiro atoms. The van der Waals surface area contributed by atoms with E-state index < -0.39 is 12.5 Å². The lowest BCUT2D eigenvalue weighted by atomic mass is 9.91. The highest BCUT2D eigenvalue weighted by molar-refractivity contribution is 7.69. The molecule has 0 aliphatic carbocycles. The zero-order valence-corrected chi connectivity index (χ0v) is 18.5. The van der Waals surface area contributed by atoms with Gasteiger partial charge in [0, 0.05) is 11.3 Å². The van der Waals surface area contributed by atoms with Gasteiger partial charge in [-0.25, -0.2) is 0 Å². The number of aryl methyl sites for hydroxylation is 1. The molecule has 5 rings (SSSR count). The molecule has 0 bridgehead atoms. The summed E-state index contributed by atoms with van der Waals surface area (Å²) in [7, 11) is -3.47. The Morgan fingerprint density at radius 3 is 1.97 bits per heavy atom. The van der Waals surface area contributed by atoms with Gasteiger partial charge in [-0.05, 0) is 54.8 Å². The number of anilines is 1. The van der Waals surface area contributed by atoms with Crippen LogP contribution in [0.5, 0.6) is 5.75 Å². The quantitative estimate of drug-likeness (QED) is 0.301. The fourth-order valence-electron chi connectivity index (χ4n) is 4.44. The molecule has 2 atom stereocenters. The summed E-state index contributed by atoms with van der Waals surface area (Å²) in [5.74, 6) is 0.651. The second kappa shape index (κ2) is 7.14. The fraction of sp³-hybridized carbons (Fsp3) is 0.111. The maximum Gasteiger partial charge on any atom is 0.292 e. The molecule has 4 aromatic carbocycles. The number of benzene rings is 4. The van der Waals surface area contributed by atoms with E-state index >= 15 is 4.57 Å². The summed E-state index contributed by atoms with van der Waals surface area (Å²) in [5.41, 5.74) is 11.6. The van der Waals surface area contributed by atoms with E-state index in [-0.39, 0.29) is 0 Å². The Hall–Kier alpha value is -3.29. The normalized spacial score (nSPS) is 18.9. The van der Waals surface area contributed by atoms with E-state index in [0.717, 1.165) is 33.1 Å². The van der Waals surface area contributed by atoms with Gasteiger partial charge in [-0.2, -0.15) is 0 Å². The van der Waals surface area contributed by atoms with E-state index in [2.05, 4.69) is 31.2 Å². The van der Waals surface area contributed by atoms with Crippen molar-refractivity contribution < 1.29 is 9.09 Å². The molecule has 31 heavy (non-hydrogen) atoms. The third-order valence-electron chi connectivity index (χ3n) is 6.30. The molecule has 0 fully saturated rings. The summed E-state index contributed by atoms with van der Waals surface area (Å²) in [6.45, 7) is 4.07. The number of hydrogen-bond acceptors (Lipinski definition) is 3. The topological polar surface area (TPSA) is 52.3 Å². The van der Waals surface area contributed by atoms with Crippen LogP contribution in [0.15, 0.2) is 97.1 Å². The highest BCUT2D eigenvalue weighted by Gasteiger charge is 2.53. The summed E-state index contributed by atoms with van der Waals surface area (Å²) in [6, 6.07) is 31.6. The predicted octanol–water partition coefficient (Wildman–Crippen LogP) is 6.50. The number of nitrogen functional groups attached to an aromatic ring is 1. The van der Waals surface area contributed by atoms with Gasteiger partial charge in [-0.1, -0.05) is 78.4 Å². The van der Waals surface area contributed by atoms with Gasteiger partial charge in [0.05, 0.1) is 5.30 Å². The minimum atomic E-state index is -3.47. The van der Waals surface area contributed by atoms with Gasteiger partial charge < -0.3 is 10.3 Å². The molecule has 2 N–H and O–H groups in total. The molecule has 3 nitrogen and oxygen atoms in total. The Kier molecular flexibility index (Phi) is 4.53. The van der Waals surface area contributed by atoms with Crippen molar-refractivity contribution in [3.8, 4) is 16.9 Å². The van der Waals surface area contributed by atoms with E-state index in [1.165, 1.54) is 0 Å². The Bertz CT molecular complexity index is 1260. The van der Waals surface area contributed by atoms with Crippen LogP contribution in [-0.2, 0) is 9.72 Å². The van der Waals surface area contributed by atoms with Crippen molar-refractivity contribution >= 4 is 18.4 Å². The number of para-hydroxylation sites is 1. The van der Waals surface area contributed by atoms with Crippen LogP contribution in [0, 0.1) is 6.92 Å². The standard InChI is InChI=1S/C27H24NO2P/c1-19-11-13-20(14-12-19)27(2,21-15-17-22(28)18-16-21)31(29)26-10-6-4-8-24(26)23-7-3-5-9-25(23)30-31/h3-18H,28H2,1-2H3. The lowest BCUT2D eigenvalue weighted by Crippen LogP contribution is -2.34. The molecule has 4 heteroatoms. The van der Waals surface area contributed by atoms with E-state index in [1.54, 1.807) is 0 Å². The van der Waals surface area contributed by atoms with Crippen molar-refractivity contribution in [2.24, 2.45) is 0 Å². The molecule has 4 aromatic rings. The minimum absolute atomic E-state index is 0.651. The SMILES string of the molecule is Cc1ccc(C(C)(c2ccc(N)cc2)P2(=O)Oc3ccccc3-c3ccccc32)cc1. The highest BCUT2D eigenvalue weighted by atomic mass is 31.2. The second-order valence-corrected chi connectivity index (χ2v) is 10.9. The van der Waals surface area contributed by atoms with Crippen LogP contribution in [0.3, 0.4) is 0 Å². The van der Waals surface area contributed by atoms with Crippen LogP contribution < -0.4 is 15.6 Å². The van der Waals surface area contributed by atoms with Crippen molar-refractivity contribution in [2.45, 2.75) is 19.0 Å². The molecular weight excluding hydrogens is 401 g/mol. The maximum absolute atomic E-state index is 15.2. The molecule has 0 radical (unpaired) electrons. The summed E-state index contributed by atoms with van der Waals surface area (Å²) in [4.78, 5) is 0. The van der Waals surface area contributed by atoms with Crippen molar-refractivity contribution in [2.75, 3.05) is 5.73 Å². The van der Waals surface area contributed by atoms with E-state index in [1.807, 2.05) is 79.7 Å². The third-order valence-corrected chi connectivity index (χ3v) is 9.47. The maximum atomic E-state index is 15.2. The van der Waals surface area contributed by atoms with Gasteiger partial charge in [0.25, 0.3) is 7.37 Å². The zero-order valence-electron chi connectivity index (χ0n) is 17.6. The first-order valence-corrected chi connectivity index (χ1v) is 12.0. The van der Waals surface area contributed by atoms with Crippen molar-refractivity contribution in [1.82, 2.24) is 0 Å². The molecule has 0 saturated carbocycles. The first-order valence-electron chi connectivity index (χ1n) is 10.4. The first-order chi connectivity index (χ1) is 14.9. The van der Waals surface area contributed by atoms with Crippen LogP contribution in [0.4, 0.5) is 5.69 Å². The lowest BCUT2D eigenvalue weighted by molar-refractivity contribution is 0.463. The Morgan fingerprint density at radius 1 is 0.742 bits per heavy atom. The summed E-state index contributed by atoms with van der Waals surface area (Å²) in [5, 5.41) is -0.161. The average molecular weight is 425 g/mol. The first kappa shape index (κ1) is 19.7. The van der Waals surface area contributed by atoms with Crippen LogP contribution in [0.25, 0.3) is 11.1 Å². The van der Waals surface area contributed by atoms with Gasteiger partial charge >= 0.3 is 0 Å². The van der Waals surface area contributed by atoms with Gasteiger partial charge in [0.2, 0.25) is 0 Å². The van der Waals surface area contributed by atoms with Gasteiger partial charge in [-0.15, -0.1) is 0 Å². The molecule has 154 valence electrons. The number of fused-ring (bicyclic) bond motifs is 3. The molecule has 0 saturated heterocycles. The molecule has 1 aliphatic heterocycles. The average Bonchev–Trinajstić information content (AvgIpc) is 2.80. The van der Waals surface area contributed by atoms with Gasteiger partial charge in [0.15, 0.2) is 0 Å². The number of rotatable bonds is 3. The van der Waals surface area contributed by atoms with Crippen LogP contribution in [0.2, 0.25) is 0 Å². The minimum Gasteiger partial charge on any atom is -0.438 e. The van der Waals surface area contributed by atoms with Crippen molar-refractivity contribution in [3.05, 3.63) is 114 Å². The number of hydrogen-bond donors (Lipinski definition) is 1. The summed E-state index contributed by atoms with van der Waals surface area (Å²) >= 11 is 0. The fourth-order valence-corrected chi connectivity index (χ4v) is 7.41. The van der Waals surface area contributed by atoms with Crippen LogP contribution in [-0.4, -0.2) is 0 Å². The Labute approximate surface area is 183 Å². The number of nitrogens with two attached hydrogens (primary N) is 1. The van der Waals surface area contributed by atoms with Crippen molar-refractivity contribution in [1.29, 1.82) is 0 Å². The Morgan fingerprint density at radius 2 is 1.29 bits per heavy atom. The molecular formula is C27H24NO2P. The smallest absolute Gasteiger partial charge is 0.292 e. The Balaban J connectivity index is 1.84. The van der Waals surface area contributed by atoms with Crippen LogP contribution in [0.1, 0.15) is 23.6 Å². The molecule has 1 aliphatic rings. The van der Waals surface area contributed by atoms with Crippen molar-refractivity contribution in [3.63, 3.8) is 0 Å². The molecule has 0 amide bonds. The van der Waals surface area contributed by atoms with E-state index in [0.29, 0.717) is 11.4 Å². The van der Waals surface area contributed by atoms with E-state index in [9.17, 15) is 0 Å². The second-order valence-electron chi connectivity index (χ2n) is 8.22. The zero-order chi connectivity index (χ0) is 21.6. The van der Waals surface area contributed by atoms with Crippen LogP contribution >= 0.6 is 7.37 Å². The predicted molar refractivity (Wildman–Crippen MR) is 128 cm³/mol. The molecule has 0 aromatic heterocycles. The monoisotopic (exact) mass is 425 g/mol. The highest BCUT2D eigenvalue weighted by Crippen LogP contribution is 2.68. The summed E-state index contributed by atoms with van der Waals surface area (Å²) in [6.07, 6.45) is 0. The third kappa shape index (κ3) is 2.92. The summed E-state index contributed by atoms with van der Waals surface area (Å²) < 4.78 is 21.7.